The van der Waals surface area contributed by atoms with Gasteiger partial charge >= 0.3 is 0 Å². The second kappa shape index (κ2) is 10.8. The Morgan fingerprint density at radius 2 is 1.84 bits per heavy atom. The third-order valence-corrected chi connectivity index (χ3v) is 8.80. The van der Waals surface area contributed by atoms with Crippen molar-refractivity contribution in [1.82, 2.24) is 19.3 Å². The number of hydrogen-bond donors (Lipinski definition) is 2. The summed E-state index contributed by atoms with van der Waals surface area (Å²) in [5, 5.41) is 9.60. The van der Waals surface area contributed by atoms with E-state index < -0.39 is 17.1 Å². The predicted molar refractivity (Wildman–Crippen MR) is 152 cm³/mol. The highest BCUT2D eigenvalue weighted by Crippen LogP contribution is 2.40. The van der Waals surface area contributed by atoms with Gasteiger partial charge in [0.05, 0.1) is 26.7 Å². The number of halogens is 2. The van der Waals surface area contributed by atoms with E-state index in [-0.39, 0.29) is 11.1 Å². The van der Waals surface area contributed by atoms with E-state index in [9.17, 15) is 4.21 Å². The van der Waals surface area contributed by atoms with Crippen LogP contribution in [0.3, 0.4) is 0 Å². The number of anilines is 2. The highest BCUT2D eigenvalue weighted by molar-refractivity contribution is 7.81. The van der Waals surface area contributed by atoms with E-state index in [2.05, 4.69) is 24.2 Å². The van der Waals surface area contributed by atoms with E-state index in [0.717, 1.165) is 39.0 Å². The molecule has 2 atom stereocenters. The Morgan fingerprint density at radius 1 is 1.16 bits per heavy atom. The molecule has 38 heavy (non-hydrogen) atoms. The van der Waals surface area contributed by atoms with Crippen LogP contribution in [0.1, 0.15) is 42.6 Å². The number of aromatic nitrogens is 3. The van der Waals surface area contributed by atoms with Crippen LogP contribution in [0.25, 0.3) is 0 Å². The maximum atomic E-state index is 11.9. The third-order valence-electron chi connectivity index (χ3n) is 7.16. The number of benzene rings is 1. The number of nitrogen functional groups attached to an aromatic ring is 1. The second-order valence-corrected chi connectivity index (χ2v) is 12.1. The Labute approximate surface area is 234 Å². The summed E-state index contributed by atoms with van der Waals surface area (Å²) in [7, 11) is -0.942. The SMILES string of the molecule is C[C@@H](Oc1ccc(N)c(C(=N)c2cnc(N3CC4(CCCN(S(C)=O)C4)C3)nc2)c1)c1c(Cl)cncc1Cl. The number of piperidine rings is 1. The lowest BCUT2D eigenvalue weighted by molar-refractivity contribution is 0.110. The molecule has 0 saturated carbocycles. The number of nitrogens with zero attached hydrogens (tertiary/aromatic N) is 5. The van der Waals surface area contributed by atoms with Crippen LogP contribution in [0.5, 0.6) is 5.75 Å². The summed E-state index contributed by atoms with van der Waals surface area (Å²) in [6.07, 6.45) is 9.81. The predicted octanol–water partition coefficient (Wildman–Crippen LogP) is 4.51. The minimum absolute atomic E-state index is 0.148. The fraction of sp³-hybridized carbons (Fsp3) is 0.385. The summed E-state index contributed by atoms with van der Waals surface area (Å²) < 4.78 is 20.1. The molecule has 4 heterocycles. The summed E-state index contributed by atoms with van der Waals surface area (Å²) >= 11 is 12.6. The normalized spacial score (nSPS) is 18.6. The van der Waals surface area contributed by atoms with Crippen LogP contribution in [-0.2, 0) is 11.0 Å². The van der Waals surface area contributed by atoms with Gasteiger partial charge in [-0.05, 0) is 38.0 Å². The lowest BCUT2D eigenvalue weighted by atomic mass is 9.74. The van der Waals surface area contributed by atoms with Gasteiger partial charge in [-0.2, -0.15) is 0 Å². The first-order valence-electron chi connectivity index (χ1n) is 12.3. The first kappa shape index (κ1) is 26.8. The molecule has 3 aromatic rings. The molecule has 2 aliphatic rings. The standard InChI is InChI=1S/C26H29Cl2N7O2S/c1-16(23-20(27)11-31-12-21(23)28)37-18-4-5-22(29)19(8-18)24(30)17-9-32-25(33-10-17)34-13-26(14-34)6-3-7-35(15-26)38(2)36/h4-5,8-12,16,30H,3,6-7,13-15,29H2,1-2H3/t16-,38?/m1/s1. The zero-order valence-electron chi connectivity index (χ0n) is 21.2. The van der Waals surface area contributed by atoms with Gasteiger partial charge in [-0.15, -0.1) is 0 Å². The number of nitrogens with one attached hydrogen (secondary N) is 1. The van der Waals surface area contributed by atoms with E-state index in [4.69, 9.17) is 39.1 Å². The van der Waals surface area contributed by atoms with Crippen molar-refractivity contribution < 1.29 is 8.95 Å². The van der Waals surface area contributed by atoms with E-state index >= 15 is 0 Å². The molecule has 3 N–H and O–H groups in total. The molecule has 0 bridgehead atoms. The minimum Gasteiger partial charge on any atom is -0.486 e. The molecule has 2 aromatic heterocycles. The third kappa shape index (κ3) is 5.36. The summed E-state index contributed by atoms with van der Waals surface area (Å²) in [5.74, 6) is 1.15. The molecule has 9 nitrogen and oxygen atoms in total. The van der Waals surface area contributed by atoms with Crippen molar-refractivity contribution >= 4 is 51.5 Å². The zero-order chi connectivity index (χ0) is 27.0. The first-order valence-corrected chi connectivity index (χ1v) is 14.5. The van der Waals surface area contributed by atoms with Gasteiger partial charge in [0.1, 0.15) is 11.9 Å². The fourth-order valence-electron chi connectivity index (χ4n) is 5.21. The molecule has 12 heteroatoms. The van der Waals surface area contributed by atoms with Gasteiger partial charge in [-0.3, -0.25) is 10.4 Å². The Morgan fingerprint density at radius 3 is 2.50 bits per heavy atom. The van der Waals surface area contributed by atoms with Crippen LogP contribution in [0.4, 0.5) is 11.6 Å². The Bertz CT molecular complexity index is 1360. The van der Waals surface area contributed by atoms with Crippen LogP contribution < -0.4 is 15.4 Å². The zero-order valence-corrected chi connectivity index (χ0v) is 23.5. The maximum absolute atomic E-state index is 11.9. The molecule has 1 unspecified atom stereocenters. The molecular weight excluding hydrogens is 545 g/mol. The van der Waals surface area contributed by atoms with Gasteiger partial charge in [0.25, 0.3) is 0 Å². The molecule has 0 amide bonds. The monoisotopic (exact) mass is 573 g/mol. The highest BCUT2D eigenvalue weighted by atomic mass is 35.5. The number of ether oxygens (including phenoxy) is 1. The minimum atomic E-state index is -0.942. The molecule has 200 valence electrons. The average molecular weight is 575 g/mol. The molecule has 2 aliphatic heterocycles. The molecule has 2 saturated heterocycles. The summed E-state index contributed by atoms with van der Waals surface area (Å²) in [5.41, 5.74) is 8.70. The van der Waals surface area contributed by atoms with Gasteiger partial charge in [0.2, 0.25) is 5.95 Å². The van der Waals surface area contributed by atoms with Gasteiger partial charge in [-0.1, -0.05) is 23.2 Å². The smallest absolute Gasteiger partial charge is 0.225 e. The first-order chi connectivity index (χ1) is 18.2. The van der Waals surface area contributed by atoms with Gasteiger partial charge in [0, 0.05) is 85.0 Å². The number of rotatable bonds is 7. The highest BCUT2D eigenvalue weighted by Gasteiger charge is 2.47. The van der Waals surface area contributed by atoms with Crippen LogP contribution in [0.2, 0.25) is 10.0 Å². The van der Waals surface area contributed by atoms with Gasteiger partial charge in [0.15, 0.2) is 0 Å². The number of nitrogens with two attached hydrogens (primary N) is 1. The lowest BCUT2D eigenvalue weighted by Gasteiger charge is -2.54. The molecule has 2 fully saturated rings. The van der Waals surface area contributed by atoms with Crippen molar-refractivity contribution in [2.45, 2.75) is 25.9 Å². The van der Waals surface area contributed by atoms with Crippen LogP contribution in [0.15, 0.2) is 43.0 Å². The van der Waals surface area contributed by atoms with E-state index in [1.54, 1.807) is 36.8 Å². The Kier molecular flexibility index (Phi) is 7.59. The quantitative estimate of drug-likeness (QED) is 0.315. The molecule has 5 rings (SSSR count). The number of pyridine rings is 1. The fourth-order valence-corrected chi connectivity index (χ4v) is 6.73. The largest absolute Gasteiger partial charge is 0.486 e. The number of hydrogen-bond acceptors (Lipinski definition) is 8. The topological polar surface area (TPSA) is 121 Å². The maximum Gasteiger partial charge on any atom is 0.225 e. The van der Waals surface area contributed by atoms with Crippen molar-refractivity contribution in [3.63, 3.8) is 0 Å². The van der Waals surface area contributed by atoms with Crippen molar-refractivity contribution in [3.8, 4) is 5.75 Å². The molecule has 1 spiro atoms. The Hall–Kier alpha value is -2.79. The van der Waals surface area contributed by atoms with E-state index in [0.29, 0.717) is 44.1 Å². The van der Waals surface area contributed by atoms with E-state index in [1.807, 2.05) is 6.92 Å². The van der Waals surface area contributed by atoms with Crippen LogP contribution in [-0.4, -0.2) is 61.6 Å². The molecule has 0 radical (unpaired) electrons. The average Bonchev–Trinajstić information content (AvgIpc) is 2.88. The van der Waals surface area contributed by atoms with Crippen LogP contribution in [0, 0.1) is 10.8 Å². The lowest BCUT2D eigenvalue weighted by Crippen LogP contribution is -2.63. The van der Waals surface area contributed by atoms with Gasteiger partial charge in [-0.25, -0.2) is 18.5 Å². The van der Waals surface area contributed by atoms with Gasteiger partial charge < -0.3 is 15.4 Å². The van der Waals surface area contributed by atoms with Crippen LogP contribution >= 0.6 is 23.2 Å². The van der Waals surface area contributed by atoms with E-state index in [1.165, 1.54) is 12.4 Å². The second-order valence-electron chi connectivity index (χ2n) is 9.92. The summed E-state index contributed by atoms with van der Waals surface area (Å²) in [6.45, 7) is 5.25. The summed E-state index contributed by atoms with van der Waals surface area (Å²) in [4.78, 5) is 15.2. The Balaban J connectivity index is 1.27. The molecule has 0 aliphatic carbocycles. The van der Waals surface area contributed by atoms with Crippen molar-refractivity contribution in [2.24, 2.45) is 5.41 Å². The molecule has 1 aromatic carbocycles. The van der Waals surface area contributed by atoms with Crippen molar-refractivity contribution in [3.05, 3.63) is 69.7 Å². The van der Waals surface area contributed by atoms with Crippen molar-refractivity contribution in [1.29, 1.82) is 5.41 Å². The summed E-state index contributed by atoms with van der Waals surface area (Å²) in [6, 6.07) is 5.16. The molecular formula is C26H29Cl2N7O2S. The van der Waals surface area contributed by atoms with Crippen molar-refractivity contribution in [2.75, 3.05) is 43.1 Å².